The number of para-hydroxylation sites is 1. The molecule has 1 amide bonds. The smallest absolute Gasteiger partial charge is 0.230 e. The summed E-state index contributed by atoms with van der Waals surface area (Å²) in [7, 11) is 0. The van der Waals surface area contributed by atoms with E-state index < -0.39 is 0 Å². The first-order chi connectivity index (χ1) is 8.25. The quantitative estimate of drug-likeness (QED) is 0.825. The summed E-state index contributed by atoms with van der Waals surface area (Å²) in [5.41, 5.74) is 7.42. The summed E-state index contributed by atoms with van der Waals surface area (Å²) in [6.07, 6.45) is 0.512. The molecule has 0 bridgehead atoms. The molecule has 0 saturated carbocycles. The average molecular weight is 245 g/mol. The number of anilines is 2. The normalized spacial score (nSPS) is 19.2. The molecule has 4 nitrogen and oxygen atoms in total. The number of amides is 1. The number of nitrogen functional groups attached to an aromatic ring is 1. The van der Waals surface area contributed by atoms with Crippen LogP contribution in [0.25, 0.3) is 0 Å². The Morgan fingerprint density at radius 1 is 1.35 bits per heavy atom. The zero-order valence-electron chi connectivity index (χ0n) is 9.04. The highest BCUT2D eigenvalue weighted by molar-refractivity contribution is 7.13. The highest BCUT2D eigenvalue weighted by Gasteiger charge is 2.39. The standard InChI is InChI=1S/C12H11N3OS/c13-12-14-9(7-17-12)10-6-11(16)15(10)8-4-2-1-3-5-8/h1-5,7,10H,6H2,(H2,13,14). The molecule has 1 fully saturated rings. The van der Waals surface area contributed by atoms with Crippen LogP contribution in [0.5, 0.6) is 0 Å². The van der Waals surface area contributed by atoms with Gasteiger partial charge in [-0.3, -0.25) is 4.79 Å². The van der Waals surface area contributed by atoms with E-state index in [4.69, 9.17) is 5.73 Å². The van der Waals surface area contributed by atoms with Crippen LogP contribution in [0.4, 0.5) is 10.8 Å². The van der Waals surface area contributed by atoms with Crippen LogP contribution < -0.4 is 10.6 Å². The monoisotopic (exact) mass is 245 g/mol. The lowest BCUT2D eigenvalue weighted by Crippen LogP contribution is -2.46. The Bertz CT molecular complexity index is 552. The number of thiazole rings is 1. The molecule has 1 saturated heterocycles. The summed E-state index contributed by atoms with van der Waals surface area (Å²) < 4.78 is 0. The van der Waals surface area contributed by atoms with Gasteiger partial charge in [0.25, 0.3) is 0 Å². The molecule has 1 aliphatic heterocycles. The zero-order valence-corrected chi connectivity index (χ0v) is 9.85. The number of benzene rings is 1. The van der Waals surface area contributed by atoms with Gasteiger partial charge in [-0.05, 0) is 12.1 Å². The summed E-state index contributed by atoms with van der Waals surface area (Å²) in [5.74, 6) is 0.132. The average Bonchev–Trinajstić information content (AvgIpc) is 2.73. The summed E-state index contributed by atoms with van der Waals surface area (Å²) in [6, 6.07) is 9.68. The van der Waals surface area contributed by atoms with Crippen molar-refractivity contribution < 1.29 is 4.79 Å². The molecule has 2 aromatic rings. The third-order valence-corrected chi connectivity index (χ3v) is 3.56. The minimum Gasteiger partial charge on any atom is -0.375 e. The maximum Gasteiger partial charge on any atom is 0.230 e. The molecular weight excluding hydrogens is 234 g/mol. The lowest BCUT2D eigenvalue weighted by molar-refractivity contribution is -0.124. The van der Waals surface area contributed by atoms with Gasteiger partial charge < -0.3 is 10.6 Å². The van der Waals surface area contributed by atoms with Gasteiger partial charge in [-0.2, -0.15) is 0 Å². The van der Waals surface area contributed by atoms with Crippen LogP contribution in [0.3, 0.4) is 0 Å². The Labute approximate surface area is 103 Å². The fraction of sp³-hybridized carbons (Fsp3) is 0.167. The van der Waals surface area contributed by atoms with Crippen LogP contribution in [0.2, 0.25) is 0 Å². The lowest BCUT2D eigenvalue weighted by Gasteiger charge is -2.39. The highest BCUT2D eigenvalue weighted by atomic mass is 32.1. The molecule has 0 spiro atoms. The molecule has 2 N–H and O–H groups in total. The van der Waals surface area contributed by atoms with Crippen molar-refractivity contribution in [1.29, 1.82) is 0 Å². The molecule has 2 heterocycles. The summed E-state index contributed by atoms with van der Waals surface area (Å²) in [5, 5.41) is 2.47. The number of nitrogens with two attached hydrogens (primary N) is 1. The van der Waals surface area contributed by atoms with Gasteiger partial charge >= 0.3 is 0 Å². The predicted molar refractivity (Wildman–Crippen MR) is 67.8 cm³/mol. The molecule has 3 rings (SSSR count). The van der Waals surface area contributed by atoms with Crippen molar-refractivity contribution in [2.24, 2.45) is 0 Å². The second-order valence-corrected chi connectivity index (χ2v) is 4.82. The fourth-order valence-electron chi connectivity index (χ4n) is 2.02. The van der Waals surface area contributed by atoms with Crippen LogP contribution in [0.15, 0.2) is 35.7 Å². The van der Waals surface area contributed by atoms with E-state index in [1.165, 1.54) is 11.3 Å². The van der Waals surface area contributed by atoms with Gasteiger partial charge in [-0.1, -0.05) is 18.2 Å². The van der Waals surface area contributed by atoms with Gasteiger partial charge in [0.1, 0.15) is 0 Å². The first-order valence-electron chi connectivity index (χ1n) is 5.34. The van der Waals surface area contributed by atoms with Crippen LogP contribution in [-0.4, -0.2) is 10.9 Å². The topological polar surface area (TPSA) is 59.2 Å². The SMILES string of the molecule is Nc1nc(C2CC(=O)N2c2ccccc2)cs1. The Morgan fingerprint density at radius 2 is 2.12 bits per heavy atom. The van der Waals surface area contributed by atoms with E-state index in [9.17, 15) is 4.79 Å². The van der Waals surface area contributed by atoms with Crippen LogP contribution in [0, 0.1) is 0 Å². The van der Waals surface area contributed by atoms with Gasteiger partial charge in [0, 0.05) is 11.1 Å². The molecule has 5 heteroatoms. The first-order valence-corrected chi connectivity index (χ1v) is 6.21. The molecule has 0 radical (unpaired) electrons. The lowest BCUT2D eigenvalue weighted by atomic mass is 9.98. The van der Waals surface area contributed by atoms with Crippen molar-refractivity contribution in [2.75, 3.05) is 10.6 Å². The van der Waals surface area contributed by atoms with Crippen LogP contribution in [0.1, 0.15) is 18.2 Å². The number of carbonyl (C=O) groups is 1. The summed E-state index contributed by atoms with van der Waals surface area (Å²) >= 11 is 1.41. The predicted octanol–water partition coefficient (Wildman–Crippen LogP) is 2.20. The van der Waals surface area contributed by atoms with Gasteiger partial charge in [-0.15, -0.1) is 11.3 Å². The van der Waals surface area contributed by atoms with Crippen molar-refractivity contribution in [2.45, 2.75) is 12.5 Å². The number of nitrogens with zero attached hydrogens (tertiary/aromatic N) is 2. The van der Waals surface area contributed by atoms with Crippen molar-refractivity contribution in [3.8, 4) is 0 Å². The second kappa shape index (κ2) is 3.85. The molecule has 1 aromatic heterocycles. The number of hydrogen-bond acceptors (Lipinski definition) is 4. The number of β-lactam (4-membered cyclic amide) rings is 1. The van der Waals surface area contributed by atoms with E-state index in [1.54, 1.807) is 4.90 Å². The summed E-state index contributed by atoms with van der Waals surface area (Å²) in [4.78, 5) is 17.7. The number of rotatable bonds is 2. The minimum atomic E-state index is 0.0402. The van der Waals surface area contributed by atoms with E-state index in [-0.39, 0.29) is 11.9 Å². The number of carbonyl (C=O) groups excluding carboxylic acids is 1. The Hall–Kier alpha value is -1.88. The summed E-state index contributed by atoms with van der Waals surface area (Å²) in [6.45, 7) is 0. The van der Waals surface area contributed by atoms with E-state index in [1.807, 2.05) is 35.7 Å². The molecule has 1 aliphatic rings. The molecular formula is C12H11N3OS. The third-order valence-electron chi connectivity index (χ3n) is 2.86. The molecule has 86 valence electrons. The zero-order chi connectivity index (χ0) is 11.8. The van der Waals surface area contributed by atoms with Crippen LogP contribution >= 0.6 is 11.3 Å². The van der Waals surface area contributed by atoms with Gasteiger partial charge in [-0.25, -0.2) is 4.98 Å². The molecule has 1 atom stereocenters. The van der Waals surface area contributed by atoms with E-state index in [0.29, 0.717) is 11.6 Å². The number of hydrogen-bond donors (Lipinski definition) is 1. The van der Waals surface area contributed by atoms with Crippen molar-refractivity contribution >= 4 is 28.1 Å². The largest absolute Gasteiger partial charge is 0.375 e. The van der Waals surface area contributed by atoms with Gasteiger partial charge in [0.15, 0.2) is 5.13 Å². The van der Waals surface area contributed by atoms with Gasteiger partial charge in [0.05, 0.1) is 18.2 Å². The van der Waals surface area contributed by atoms with E-state index in [0.717, 1.165) is 11.4 Å². The Morgan fingerprint density at radius 3 is 2.71 bits per heavy atom. The first kappa shape index (κ1) is 10.3. The van der Waals surface area contributed by atoms with Crippen LogP contribution in [-0.2, 0) is 4.79 Å². The Balaban J connectivity index is 1.91. The van der Waals surface area contributed by atoms with Crippen molar-refractivity contribution in [3.05, 3.63) is 41.4 Å². The highest BCUT2D eigenvalue weighted by Crippen LogP contribution is 2.38. The Kier molecular flexibility index (Phi) is 2.33. The third kappa shape index (κ3) is 1.68. The maximum atomic E-state index is 11.7. The second-order valence-electron chi connectivity index (χ2n) is 3.93. The van der Waals surface area contributed by atoms with Crippen molar-refractivity contribution in [1.82, 2.24) is 4.98 Å². The fourth-order valence-corrected chi connectivity index (χ4v) is 2.63. The molecule has 1 unspecified atom stereocenters. The molecule has 1 aromatic carbocycles. The van der Waals surface area contributed by atoms with Crippen molar-refractivity contribution in [3.63, 3.8) is 0 Å². The number of aromatic nitrogens is 1. The van der Waals surface area contributed by atoms with Gasteiger partial charge in [0.2, 0.25) is 5.91 Å². The minimum absolute atomic E-state index is 0.0402. The maximum absolute atomic E-state index is 11.7. The van der Waals surface area contributed by atoms with E-state index >= 15 is 0 Å². The molecule has 17 heavy (non-hydrogen) atoms. The molecule has 0 aliphatic carbocycles. The van der Waals surface area contributed by atoms with E-state index in [2.05, 4.69) is 4.98 Å².